The number of β-amino-alcohol motifs (C(OH)–C–C–N with tert-alkyl or cyclic N) is 1. The van der Waals surface area contributed by atoms with E-state index in [4.69, 9.17) is 4.74 Å². The van der Waals surface area contributed by atoms with Crippen LogP contribution in [0.2, 0.25) is 0 Å². The monoisotopic (exact) mass is 372 g/mol. The Kier molecular flexibility index (Phi) is 6.42. The van der Waals surface area contributed by atoms with Crippen LogP contribution in [0.1, 0.15) is 17.3 Å². The SMILES string of the molecule is CC(=O)c1cccc(OC[C@H](O)CN2CCN(c3ccc(F)cc3)CC2)c1. The van der Waals surface area contributed by atoms with Crippen LogP contribution in [-0.4, -0.2) is 61.2 Å². The molecule has 1 atom stereocenters. The molecule has 0 saturated carbocycles. The molecule has 3 rings (SSSR count). The average molecular weight is 372 g/mol. The predicted molar refractivity (Wildman–Crippen MR) is 103 cm³/mol. The minimum absolute atomic E-state index is 0.0139. The zero-order valence-corrected chi connectivity index (χ0v) is 15.5. The highest BCUT2D eigenvalue weighted by Crippen LogP contribution is 2.17. The van der Waals surface area contributed by atoms with Crippen LogP contribution in [0.15, 0.2) is 48.5 Å². The van der Waals surface area contributed by atoms with Crippen LogP contribution < -0.4 is 9.64 Å². The maximum Gasteiger partial charge on any atom is 0.159 e. The van der Waals surface area contributed by atoms with Gasteiger partial charge in [0.1, 0.15) is 24.3 Å². The molecular weight excluding hydrogens is 347 g/mol. The van der Waals surface area contributed by atoms with E-state index in [0.717, 1.165) is 31.9 Å². The number of Topliss-reactive ketones (excluding diaryl/α,β-unsaturated/α-hetero) is 1. The number of hydrogen-bond donors (Lipinski definition) is 1. The summed E-state index contributed by atoms with van der Waals surface area (Å²) in [6.45, 7) is 5.55. The summed E-state index contributed by atoms with van der Waals surface area (Å²) in [5.41, 5.74) is 1.61. The summed E-state index contributed by atoms with van der Waals surface area (Å²) in [4.78, 5) is 15.8. The number of aliphatic hydroxyl groups excluding tert-OH is 1. The number of carbonyl (C=O) groups is 1. The van der Waals surface area contributed by atoms with Gasteiger partial charge in [0.05, 0.1) is 0 Å². The molecule has 0 aromatic heterocycles. The molecule has 2 aromatic carbocycles. The summed E-state index contributed by atoms with van der Waals surface area (Å²) in [5.74, 6) is 0.345. The van der Waals surface area contributed by atoms with Crippen molar-refractivity contribution in [1.82, 2.24) is 4.90 Å². The van der Waals surface area contributed by atoms with Crippen molar-refractivity contribution in [3.63, 3.8) is 0 Å². The van der Waals surface area contributed by atoms with Gasteiger partial charge in [0, 0.05) is 44.0 Å². The number of carbonyl (C=O) groups excluding carboxylic acids is 1. The summed E-state index contributed by atoms with van der Waals surface area (Å²) in [6.07, 6.45) is -0.608. The molecule has 0 radical (unpaired) electrons. The van der Waals surface area contributed by atoms with Gasteiger partial charge in [-0.2, -0.15) is 0 Å². The minimum atomic E-state index is -0.608. The topological polar surface area (TPSA) is 53.0 Å². The van der Waals surface area contributed by atoms with Crippen LogP contribution >= 0.6 is 0 Å². The Bertz CT molecular complexity index is 758. The van der Waals surface area contributed by atoms with Gasteiger partial charge in [0.2, 0.25) is 0 Å². The molecular formula is C21H25FN2O3. The van der Waals surface area contributed by atoms with Gasteiger partial charge < -0.3 is 14.7 Å². The van der Waals surface area contributed by atoms with Gasteiger partial charge in [-0.3, -0.25) is 9.69 Å². The molecule has 6 heteroatoms. The molecule has 1 saturated heterocycles. The van der Waals surface area contributed by atoms with Crippen molar-refractivity contribution in [2.45, 2.75) is 13.0 Å². The number of ketones is 1. The van der Waals surface area contributed by atoms with Gasteiger partial charge in [0.15, 0.2) is 5.78 Å². The van der Waals surface area contributed by atoms with Crippen molar-refractivity contribution in [2.24, 2.45) is 0 Å². The Hall–Kier alpha value is -2.44. The van der Waals surface area contributed by atoms with Crippen LogP contribution in [-0.2, 0) is 0 Å². The Morgan fingerprint density at radius 1 is 1.15 bits per heavy atom. The van der Waals surface area contributed by atoms with Gasteiger partial charge in [-0.05, 0) is 43.3 Å². The van der Waals surface area contributed by atoms with E-state index in [1.807, 2.05) is 0 Å². The second-order valence-corrected chi connectivity index (χ2v) is 6.81. The second-order valence-electron chi connectivity index (χ2n) is 6.81. The van der Waals surface area contributed by atoms with Crippen LogP contribution in [0.3, 0.4) is 0 Å². The summed E-state index contributed by atoms with van der Waals surface area (Å²) < 4.78 is 18.7. The number of piperazine rings is 1. The van der Waals surface area contributed by atoms with Crippen molar-refractivity contribution in [3.05, 3.63) is 59.9 Å². The Morgan fingerprint density at radius 3 is 2.52 bits per heavy atom. The fraction of sp³-hybridized carbons (Fsp3) is 0.381. The standard InChI is InChI=1S/C21H25FN2O3/c1-16(25)17-3-2-4-21(13-17)27-15-20(26)14-23-9-11-24(12-10-23)19-7-5-18(22)6-8-19/h2-8,13,20,26H,9-12,14-15H2,1H3/t20-/m1/s1. The van der Waals surface area contributed by atoms with E-state index in [1.54, 1.807) is 36.4 Å². The lowest BCUT2D eigenvalue weighted by Crippen LogP contribution is -2.49. The number of aliphatic hydroxyl groups is 1. The zero-order chi connectivity index (χ0) is 19.2. The molecule has 1 heterocycles. The Morgan fingerprint density at radius 2 is 1.85 bits per heavy atom. The number of hydrogen-bond acceptors (Lipinski definition) is 5. The van der Waals surface area contributed by atoms with E-state index in [-0.39, 0.29) is 18.2 Å². The third kappa shape index (κ3) is 5.52. The molecule has 27 heavy (non-hydrogen) atoms. The fourth-order valence-electron chi connectivity index (χ4n) is 3.19. The number of nitrogens with zero attached hydrogens (tertiary/aromatic N) is 2. The summed E-state index contributed by atoms with van der Waals surface area (Å²) in [5, 5.41) is 10.3. The fourth-order valence-corrected chi connectivity index (χ4v) is 3.19. The van der Waals surface area contributed by atoms with E-state index in [1.165, 1.54) is 19.1 Å². The van der Waals surface area contributed by atoms with Gasteiger partial charge in [-0.25, -0.2) is 4.39 Å². The molecule has 0 unspecified atom stereocenters. The van der Waals surface area contributed by atoms with Crippen molar-refractivity contribution < 1.29 is 19.0 Å². The minimum Gasteiger partial charge on any atom is -0.491 e. The summed E-state index contributed by atoms with van der Waals surface area (Å²) >= 11 is 0. The normalized spacial score (nSPS) is 16.2. The Labute approximate surface area is 159 Å². The molecule has 0 aliphatic carbocycles. The zero-order valence-electron chi connectivity index (χ0n) is 15.5. The molecule has 1 aliphatic heterocycles. The quantitative estimate of drug-likeness (QED) is 0.757. The molecule has 0 amide bonds. The van der Waals surface area contributed by atoms with Gasteiger partial charge in [-0.1, -0.05) is 12.1 Å². The number of anilines is 1. The van der Waals surface area contributed by atoms with Crippen LogP contribution in [0.4, 0.5) is 10.1 Å². The molecule has 1 fully saturated rings. The summed E-state index contributed by atoms with van der Waals surface area (Å²) in [7, 11) is 0. The lowest BCUT2D eigenvalue weighted by atomic mass is 10.1. The van der Waals surface area contributed by atoms with Crippen molar-refractivity contribution in [1.29, 1.82) is 0 Å². The highest BCUT2D eigenvalue weighted by atomic mass is 19.1. The number of ether oxygens (including phenoxy) is 1. The molecule has 0 spiro atoms. The molecule has 1 aliphatic rings. The van der Waals surface area contributed by atoms with E-state index in [2.05, 4.69) is 9.80 Å². The average Bonchev–Trinajstić information content (AvgIpc) is 2.68. The largest absolute Gasteiger partial charge is 0.491 e. The number of benzene rings is 2. The number of rotatable bonds is 7. The molecule has 144 valence electrons. The first-order valence-electron chi connectivity index (χ1n) is 9.16. The maximum absolute atomic E-state index is 13.0. The van der Waals surface area contributed by atoms with Crippen LogP contribution in [0, 0.1) is 5.82 Å². The molecule has 0 bridgehead atoms. The third-order valence-corrected chi connectivity index (χ3v) is 4.72. The molecule has 5 nitrogen and oxygen atoms in total. The van der Waals surface area contributed by atoms with E-state index in [9.17, 15) is 14.3 Å². The van der Waals surface area contributed by atoms with Crippen molar-refractivity contribution >= 4 is 11.5 Å². The van der Waals surface area contributed by atoms with Gasteiger partial charge in [0.25, 0.3) is 0 Å². The van der Waals surface area contributed by atoms with Crippen LogP contribution in [0.25, 0.3) is 0 Å². The second kappa shape index (κ2) is 8.97. The smallest absolute Gasteiger partial charge is 0.159 e. The number of halogens is 1. The summed E-state index contributed by atoms with van der Waals surface area (Å²) in [6, 6.07) is 13.5. The van der Waals surface area contributed by atoms with Crippen LogP contribution in [0.5, 0.6) is 5.75 Å². The van der Waals surface area contributed by atoms with Gasteiger partial charge >= 0.3 is 0 Å². The first kappa shape index (κ1) is 19.3. The van der Waals surface area contributed by atoms with Crippen molar-refractivity contribution in [2.75, 3.05) is 44.2 Å². The van der Waals surface area contributed by atoms with E-state index >= 15 is 0 Å². The lowest BCUT2D eigenvalue weighted by Gasteiger charge is -2.36. The Balaban J connectivity index is 1.43. The van der Waals surface area contributed by atoms with E-state index < -0.39 is 6.10 Å². The first-order chi connectivity index (χ1) is 13.0. The first-order valence-corrected chi connectivity index (χ1v) is 9.16. The lowest BCUT2D eigenvalue weighted by molar-refractivity contribution is 0.0663. The predicted octanol–water partition coefficient (Wildman–Crippen LogP) is 2.59. The molecule has 2 aromatic rings. The highest BCUT2D eigenvalue weighted by molar-refractivity contribution is 5.94. The highest BCUT2D eigenvalue weighted by Gasteiger charge is 2.20. The van der Waals surface area contributed by atoms with Gasteiger partial charge in [-0.15, -0.1) is 0 Å². The maximum atomic E-state index is 13.0. The third-order valence-electron chi connectivity index (χ3n) is 4.72. The van der Waals surface area contributed by atoms with Crippen molar-refractivity contribution in [3.8, 4) is 5.75 Å². The molecule has 1 N–H and O–H groups in total. The van der Waals surface area contributed by atoms with E-state index in [0.29, 0.717) is 17.9 Å².